The van der Waals surface area contributed by atoms with Crippen molar-refractivity contribution in [2.24, 2.45) is 5.92 Å². The molecule has 106 valence electrons. The van der Waals surface area contributed by atoms with Crippen LogP contribution in [-0.4, -0.2) is 33.2 Å². The Morgan fingerprint density at radius 3 is 2.79 bits per heavy atom. The Hall–Kier alpha value is -1.52. The molecule has 1 unspecified atom stereocenters. The number of hydrogen-bond donors (Lipinski definition) is 1. The highest BCUT2D eigenvalue weighted by molar-refractivity contribution is 5.98. The third-order valence-electron chi connectivity index (χ3n) is 4.01. The summed E-state index contributed by atoms with van der Waals surface area (Å²) in [6.07, 6.45) is 2.16. The monoisotopic (exact) mass is 264 g/mol. The van der Waals surface area contributed by atoms with Gasteiger partial charge in [-0.2, -0.15) is 5.10 Å². The Kier molecular flexibility index (Phi) is 3.83. The molecule has 1 aromatic rings. The van der Waals surface area contributed by atoms with E-state index >= 15 is 0 Å². The summed E-state index contributed by atoms with van der Waals surface area (Å²) in [4.78, 5) is 14.7. The van der Waals surface area contributed by atoms with Crippen molar-refractivity contribution in [1.29, 1.82) is 0 Å². The SMILES string of the molecule is CCn1nc(C)c(N)c1C(=O)N1CCCC1C(C)C. The molecule has 0 radical (unpaired) electrons. The van der Waals surface area contributed by atoms with Gasteiger partial charge in [0, 0.05) is 19.1 Å². The van der Waals surface area contributed by atoms with E-state index in [1.54, 1.807) is 4.68 Å². The van der Waals surface area contributed by atoms with E-state index in [9.17, 15) is 4.79 Å². The third kappa shape index (κ3) is 2.33. The topological polar surface area (TPSA) is 64.2 Å². The van der Waals surface area contributed by atoms with E-state index in [1.807, 2.05) is 18.7 Å². The molecule has 2 rings (SSSR count). The molecular weight excluding hydrogens is 240 g/mol. The minimum atomic E-state index is 0.0381. The second kappa shape index (κ2) is 5.23. The minimum Gasteiger partial charge on any atom is -0.395 e. The van der Waals surface area contributed by atoms with Gasteiger partial charge < -0.3 is 10.6 Å². The largest absolute Gasteiger partial charge is 0.395 e. The number of nitrogens with two attached hydrogens (primary N) is 1. The van der Waals surface area contributed by atoms with Gasteiger partial charge in [0.05, 0.1) is 11.4 Å². The predicted octanol–water partition coefficient (Wildman–Crippen LogP) is 2.05. The van der Waals surface area contributed by atoms with Crippen molar-refractivity contribution in [2.45, 2.75) is 53.1 Å². The van der Waals surface area contributed by atoms with Crippen molar-refractivity contribution < 1.29 is 4.79 Å². The molecule has 2 N–H and O–H groups in total. The minimum absolute atomic E-state index is 0.0381. The molecular formula is C14H24N4O. The first-order valence-corrected chi connectivity index (χ1v) is 7.11. The standard InChI is InChI=1S/C14H24N4O/c1-5-18-13(12(15)10(4)16-18)14(19)17-8-6-7-11(17)9(2)3/h9,11H,5-8,15H2,1-4H3. The van der Waals surface area contributed by atoms with Gasteiger partial charge in [0.25, 0.3) is 5.91 Å². The lowest BCUT2D eigenvalue weighted by atomic mass is 10.0. The van der Waals surface area contributed by atoms with Crippen LogP contribution in [0.4, 0.5) is 5.69 Å². The molecule has 5 heteroatoms. The maximum Gasteiger partial charge on any atom is 0.274 e. The van der Waals surface area contributed by atoms with Gasteiger partial charge in [0.1, 0.15) is 5.69 Å². The summed E-state index contributed by atoms with van der Waals surface area (Å²) in [6, 6.07) is 0.326. The van der Waals surface area contributed by atoms with E-state index in [2.05, 4.69) is 18.9 Å². The number of rotatable bonds is 3. The average Bonchev–Trinajstić information content (AvgIpc) is 2.95. The molecule has 1 atom stereocenters. The average molecular weight is 264 g/mol. The lowest BCUT2D eigenvalue weighted by Gasteiger charge is -2.28. The molecule has 19 heavy (non-hydrogen) atoms. The zero-order chi connectivity index (χ0) is 14.2. The van der Waals surface area contributed by atoms with E-state index in [-0.39, 0.29) is 5.91 Å². The Morgan fingerprint density at radius 1 is 1.53 bits per heavy atom. The molecule has 0 saturated carbocycles. The quantitative estimate of drug-likeness (QED) is 0.908. The van der Waals surface area contributed by atoms with Gasteiger partial charge in [-0.25, -0.2) is 0 Å². The highest BCUT2D eigenvalue weighted by Crippen LogP contribution is 2.27. The number of hydrogen-bond acceptors (Lipinski definition) is 3. The van der Waals surface area contributed by atoms with Crippen molar-refractivity contribution in [2.75, 3.05) is 12.3 Å². The molecule has 2 heterocycles. The van der Waals surface area contributed by atoms with Crippen LogP contribution < -0.4 is 5.73 Å². The van der Waals surface area contributed by atoms with Crippen molar-refractivity contribution in [3.8, 4) is 0 Å². The van der Waals surface area contributed by atoms with E-state index in [1.165, 1.54) is 0 Å². The Morgan fingerprint density at radius 2 is 2.21 bits per heavy atom. The van der Waals surface area contributed by atoms with Gasteiger partial charge in [-0.1, -0.05) is 13.8 Å². The number of carbonyl (C=O) groups excluding carboxylic acids is 1. The number of aryl methyl sites for hydroxylation is 2. The fraction of sp³-hybridized carbons (Fsp3) is 0.714. The van der Waals surface area contributed by atoms with Gasteiger partial charge in [0.2, 0.25) is 0 Å². The van der Waals surface area contributed by atoms with Crippen LogP contribution in [-0.2, 0) is 6.54 Å². The number of aromatic nitrogens is 2. The Labute approximate surface area is 114 Å². The highest BCUT2D eigenvalue weighted by Gasteiger charge is 2.34. The lowest BCUT2D eigenvalue weighted by Crippen LogP contribution is -2.39. The van der Waals surface area contributed by atoms with Crippen LogP contribution in [0.2, 0.25) is 0 Å². The fourth-order valence-electron chi connectivity index (χ4n) is 2.92. The van der Waals surface area contributed by atoms with E-state index < -0.39 is 0 Å². The summed E-state index contributed by atoms with van der Waals surface area (Å²) in [7, 11) is 0. The van der Waals surface area contributed by atoms with Crippen LogP contribution >= 0.6 is 0 Å². The van der Waals surface area contributed by atoms with Gasteiger partial charge in [-0.05, 0) is 32.6 Å². The predicted molar refractivity (Wildman–Crippen MR) is 75.9 cm³/mol. The number of amides is 1. The molecule has 0 aliphatic carbocycles. The molecule has 1 aliphatic rings. The van der Waals surface area contributed by atoms with Crippen molar-refractivity contribution in [3.05, 3.63) is 11.4 Å². The van der Waals surface area contributed by atoms with Gasteiger partial charge in [-0.3, -0.25) is 9.48 Å². The van der Waals surface area contributed by atoms with E-state index in [4.69, 9.17) is 5.73 Å². The van der Waals surface area contributed by atoms with E-state index in [0.717, 1.165) is 25.1 Å². The summed E-state index contributed by atoms with van der Waals surface area (Å²) in [5, 5.41) is 4.34. The molecule has 5 nitrogen and oxygen atoms in total. The Balaban J connectivity index is 2.34. The van der Waals surface area contributed by atoms with E-state index in [0.29, 0.717) is 29.9 Å². The number of likely N-dealkylation sites (tertiary alicyclic amines) is 1. The van der Waals surface area contributed by atoms with Crippen LogP contribution in [0.15, 0.2) is 0 Å². The Bertz CT molecular complexity index is 478. The smallest absolute Gasteiger partial charge is 0.274 e. The van der Waals surface area contributed by atoms with Crippen molar-refractivity contribution >= 4 is 11.6 Å². The van der Waals surface area contributed by atoms with Crippen LogP contribution in [0.3, 0.4) is 0 Å². The summed E-state index contributed by atoms with van der Waals surface area (Å²) < 4.78 is 1.72. The van der Waals surface area contributed by atoms with Gasteiger partial charge in [-0.15, -0.1) is 0 Å². The molecule has 1 amide bonds. The lowest BCUT2D eigenvalue weighted by molar-refractivity contribution is 0.0690. The molecule has 0 aromatic carbocycles. The summed E-state index contributed by atoms with van der Waals surface area (Å²) in [6.45, 7) is 9.66. The zero-order valence-electron chi connectivity index (χ0n) is 12.3. The van der Waals surface area contributed by atoms with Crippen LogP contribution in [0.1, 0.15) is 49.8 Å². The molecule has 1 aromatic heterocycles. The normalized spacial score (nSPS) is 19.4. The first-order chi connectivity index (χ1) is 8.97. The molecule has 1 fully saturated rings. The number of carbonyl (C=O) groups is 1. The molecule has 1 aliphatic heterocycles. The first kappa shape index (κ1) is 13.9. The summed E-state index contributed by atoms with van der Waals surface area (Å²) >= 11 is 0. The van der Waals surface area contributed by atoms with Gasteiger partial charge >= 0.3 is 0 Å². The maximum absolute atomic E-state index is 12.8. The van der Waals surface area contributed by atoms with Crippen molar-refractivity contribution in [1.82, 2.24) is 14.7 Å². The first-order valence-electron chi connectivity index (χ1n) is 7.11. The molecule has 0 bridgehead atoms. The molecule has 0 spiro atoms. The summed E-state index contributed by atoms with van der Waals surface area (Å²) in [5.41, 5.74) is 7.87. The number of nitrogens with zero attached hydrogens (tertiary/aromatic N) is 3. The second-order valence-electron chi connectivity index (χ2n) is 5.62. The van der Waals surface area contributed by atoms with Crippen LogP contribution in [0.25, 0.3) is 0 Å². The van der Waals surface area contributed by atoms with Crippen LogP contribution in [0.5, 0.6) is 0 Å². The van der Waals surface area contributed by atoms with Crippen molar-refractivity contribution in [3.63, 3.8) is 0 Å². The third-order valence-corrected chi connectivity index (χ3v) is 4.01. The highest BCUT2D eigenvalue weighted by atomic mass is 16.2. The second-order valence-corrected chi connectivity index (χ2v) is 5.62. The van der Waals surface area contributed by atoms with Crippen LogP contribution in [0, 0.1) is 12.8 Å². The summed E-state index contributed by atoms with van der Waals surface area (Å²) in [5.74, 6) is 0.517. The zero-order valence-corrected chi connectivity index (χ0v) is 12.3. The van der Waals surface area contributed by atoms with Gasteiger partial charge in [0.15, 0.2) is 0 Å². The number of nitrogen functional groups attached to an aromatic ring is 1. The fourth-order valence-corrected chi connectivity index (χ4v) is 2.92. The molecule has 1 saturated heterocycles. The maximum atomic E-state index is 12.8. The number of anilines is 1.